The van der Waals surface area contributed by atoms with Crippen molar-refractivity contribution in [2.45, 2.75) is 52.1 Å². The predicted molar refractivity (Wildman–Crippen MR) is 90.0 cm³/mol. The van der Waals surface area contributed by atoms with Gasteiger partial charge in [-0.25, -0.2) is 0 Å². The lowest BCUT2D eigenvalue weighted by molar-refractivity contribution is -0.0130. The van der Waals surface area contributed by atoms with Gasteiger partial charge in [0.2, 0.25) is 0 Å². The summed E-state index contributed by atoms with van der Waals surface area (Å²) in [5, 5.41) is 0. The first-order valence-electron chi connectivity index (χ1n) is 9.30. The summed E-state index contributed by atoms with van der Waals surface area (Å²) in [4.78, 5) is 2.67. The first-order chi connectivity index (χ1) is 10.7. The fourth-order valence-electron chi connectivity index (χ4n) is 4.22. The third-order valence-corrected chi connectivity index (χ3v) is 5.94. The summed E-state index contributed by atoms with van der Waals surface area (Å²) in [6.45, 7) is 11.2. The van der Waals surface area contributed by atoms with Gasteiger partial charge >= 0.3 is 0 Å². The molecule has 3 atom stereocenters. The number of likely N-dealkylation sites (tertiary alicyclic amines) is 1. The molecule has 2 heterocycles. The molecule has 2 saturated heterocycles. The van der Waals surface area contributed by atoms with Gasteiger partial charge in [0.05, 0.1) is 19.3 Å². The quantitative estimate of drug-likeness (QED) is 0.726. The van der Waals surface area contributed by atoms with Crippen LogP contribution in [0.4, 0.5) is 0 Å². The summed E-state index contributed by atoms with van der Waals surface area (Å²) < 4.78 is 11.6. The van der Waals surface area contributed by atoms with Crippen LogP contribution in [-0.4, -0.2) is 50.5 Å². The Morgan fingerprint density at radius 1 is 1.23 bits per heavy atom. The minimum atomic E-state index is 0.484. The average molecular weight is 307 g/mol. The van der Waals surface area contributed by atoms with Gasteiger partial charge in [0.25, 0.3) is 0 Å². The van der Waals surface area contributed by atoms with Crippen LogP contribution in [0.1, 0.15) is 46.0 Å². The second kappa shape index (κ2) is 7.94. The maximum absolute atomic E-state index is 6.13. The van der Waals surface area contributed by atoms with Gasteiger partial charge in [-0.3, -0.25) is 0 Å². The van der Waals surface area contributed by atoms with Gasteiger partial charge in [0, 0.05) is 32.2 Å². The van der Waals surface area contributed by atoms with E-state index in [-0.39, 0.29) is 0 Å². The van der Waals surface area contributed by atoms with Crippen molar-refractivity contribution in [1.29, 1.82) is 0 Å². The van der Waals surface area contributed by atoms with Crippen molar-refractivity contribution in [1.82, 2.24) is 4.90 Å². The number of hydrogen-bond acceptors (Lipinski definition) is 3. The van der Waals surface area contributed by atoms with Crippen LogP contribution in [0.3, 0.4) is 0 Å². The topological polar surface area (TPSA) is 21.7 Å². The van der Waals surface area contributed by atoms with Crippen LogP contribution in [0.5, 0.6) is 0 Å². The van der Waals surface area contributed by atoms with Gasteiger partial charge in [-0.15, -0.1) is 0 Å². The number of ether oxygens (including phenoxy) is 2. The maximum Gasteiger partial charge on any atom is 0.0599 e. The van der Waals surface area contributed by atoms with Crippen molar-refractivity contribution in [2.75, 3.05) is 39.5 Å². The Labute approximate surface area is 136 Å². The van der Waals surface area contributed by atoms with Gasteiger partial charge in [-0.2, -0.15) is 0 Å². The van der Waals surface area contributed by atoms with Gasteiger partial charge < -0.3 is 14.4 Å². The molecule has 126 valence electrons. The van der Waals surface area contributed by atoms with E-state index in [0.717, 1.165) is 31.7 Å². The molecule has 0 saturated carbocycles. The zero-order valence-corrected chi connectivity index (χ0v) is 14.4. The summed E-state index contributed by atoms with van der Waals surface area (Å²) in [6.07, 6.45) is 9.19. The van der Waals surface area contributed by atoms with Gasteiger partial charge in [-0.05, 0) is 50.9 Å². The molecule has 22 heavy (non-hydrogen) atoms. The molecule has 0 amide bonds. The van der Waals surface area contributed by atoms with Crippen molar-refractivity contribution in [2.24, 2.45) is 17.8 Å². The highest BCUT2D eigenvalue weighted by Gasteiger charge is 2.27. The van der Waals surface area contributed by atoms with Crippen LogP contribution in [0.25, 0.3) is 0 Å². The molecule has 0 unspecified atom stereocenters. The first kappa shape index (κ1) is 16.5. The number of hydrogen-bond donors (Lipinski definition) is 0. The fraction of sp³-hybridized carbons (Fsp3) is 0.895. The Bertz CT molecular complexity index is 368. The summed E-state index contributed by atoms with van der Waals surface area (Å²) in [5.74, 6) is 2.28. The normalized spacial score (nSPS) is 34.8. The molecule has 0 bridgehead atoms. The molecule has 1 aliphatic carbocycles. The highest BCUT2D eigenvalue weighted by molar-refractivity contribution is 5.09. The molecule has 0 N–H and O–H groups in total. The third-order valence-electron chi connectivity index (χ3n) is 5.94. The second-order valence-corrected chi connectivity index (χ2v) is 7.67. The number of allylic oxidation sites excluding steroid dienone is 1. The van der Waals surface area contributed by atoms with Crippen molar-refractivity contribution >= 4 is 0 Å². The van der Waals surface area contributed by atoms with Crippen LogP contribution in [-0.2, 0) is 9.47 Å². The molecule has 0 aromatic heterocycles. The first-order valence-corrected chi connectivity index (χ1v) is 9.30. The molecular weight excluding hydrogens is 274 g/mol. The predicted octanol–water partition coefficient (Wildman–Crippen LogP) is 3.50. The van der Waals surface area contributed by atoms with Crippen LogP contribution in [0, 0.1) is 17.8 Å². The Kier molecular flexibility index (Phi) is 5.95. The molecule has 3 nitrogen and oxygen atoms in total. The average Bonchev–Trinajstić information content (AvgIpc) is 3.04. The minimum Gasteiger partial charge on any atom is -0.381 e. The molecule has 0 aromatic carbocycles. The lowest BCUT2D eigenvalue weighted by Crippen LogP contribution is -2.41. The van der Waals surface area contributed by atoms with Crippen molar-refractivity contribution in [3.63, 3.8) is 0 Å². The summed E-state index contributed by atoms with van der Waals surface area (Å²) in [5.41, 5.74) is 1.62. The van der Waals surface area contributed by atoms with Crippen LogP contribution in [0.2, 0.25) is 0 Å². The van der Waals surface area contributed by atoms with Crippen molar-refractivity contribution < 1.29 is 9.47 Å². The minimum absolute atomic E-state index is 0.484. The summed E-state index contributed by atoms with van der Waals surface area (Å²) >= 11 is 0. The van der Waals surface area contributed by atoms with E-state index in [4.69, 9.17) is 9.47 Å². The fourth-order valence-corrected chi connectivity index (χ4v) is 4.22. The van der Waals surface area contributed by atoms with Gasteiger partial charge in [0.1, 0.15) is 0 Å². The Balaban J connectivity index is 1.38. The van der Waals surface area contributed by atoms with E-state index in [1.807, 2.05) is 0 Å². The van der Waals surface area contributed by atoms with E-state index in [1.165, 1.54) is 51.7 Å². The van der Waals surface area contributed by atoms with Crippen LogP contribution < -0.4 is 0 Å². The third kappa shape index (κ3) is 4.33. The molecule has 0 aromatic rings. The molecule has 2 fully saturated rings. The van der Waals surface area contributed by atoms with E-state index >= 15 is 0 Å². The second-order valence-electron chi connectivity index (χ2n) is 7.67. The molecule has 0 spiro atoms. The summed E-state index contributed by atoms with van der Waals surface area (Å²) in [7, 11) is 0. The smallest absolute Gasteiger partial charge is 0.0599 e. The molecule has 2 aliphatic heterocycles. The molecule has 3 rings (SSSR count). The lowest BCUT2D eigenvalue weighted by atomic mass is 9.79. The molecule has 0 radical (unpaired) electrons. The van der Waals surface area contributed by atoms with E-state index in [2.05, 4.69) is 24.8 Å². The Morgan fingerprint density at radius 3 is 2.73 bits per heavy atom. The SMILES string of the molecule is CC1=CCC[C@@H](C)[C@@H]1CN1CCC(OC[C@@H]2CCOC2)CC1. The molecule has 3 aliphatic rings. The van der Waals surface area contributed by atoms with Gasteiger partial charge in [0.15, 0.2) is 0 Å². The van der Waals surface area contributed by atoms with Gasteiger partial charge in [-0.1, -0.05) is 18.6 Å². The van der Waals surface area contributed by atoms with Crippen LogP contribution >= 0.6 is 0 Å². The number of nitrogens with zero attached hydrogens (tertiary/aromatic N) is 1. The Hall–Kier alpha value is -0.380. The van der Waals surface area contributed by atoms with Crippen molar-refractivity contribution in [3.8, 4) is 0 Å². The highest BCUT2D eigenvalue weighted by atomic mass is 16.5. The zero-order chi connectivity index (χ0) is 15.4. The van der Waals surface area contributed by atoms with E-state index in [0.29, 0.717) is 12.0 Å². The lowest BCUT2D eigenvalue weighted by Gasteiger charge is -2.37. The van der Waals surface area contributed by atoms with E-state index in [9.17, 15) is 0 Å². The van der Waals surface area contributed by atoms with Crippen molar-refractivity contribution in [3.05, 3.63) is 11.6 Å². The largest absolute Gasteiger partial charge is 0.381 e. The highest BCUT2D eigenvalue weighted by Crippen LogP contribution is 2.31. The van der Waals surface area contributed by atoms with E-state index in [1.54, 1.807) is 5.57 Å². The van der Waals surface area contributed by atoms with Crippen LogP contribution in [0.15, 0.2) is 11.6 Å². The molecular formula is C19H33NO2. The zero-order valence-electron chi connectivity index (χ0n) is 14.4. The Morgan fingerprint density at radius 2 is 2.05 bits per heavy atom. The monoisotopic (exact) mass is 307 g/mol. The number of rotatable bonds is 5. The maximum atomic E-state index is 6.13. The molecule has 3 heteroatoms. The summed E-state index contributed by atoms with van der Waals surface area (Å²) in [6, 6.07) is 0. The standard InChI is InChI=1S/C19H33NO2/c1-15-4-3-5-16(2)19(15)12-20-9-6-18(7-10-20)22-14-17-8-11-21-13-17/h4,16-19H,3,5-14H2,1-2H3/t16-,17-,19-/m1/s1. The number of piperidine rings is 1. The van der Waals surface area contributed by atoms with E-state index < -0.39 is 0 Å².